The Kier molecular flexibility index (Phi) is 6.94. The third-order valence-electron chi connectivity index (χ3n) is 5.35. The fraction of sp³-hybridized carbons (Fsp3) is 0.409. The Hall–Kier alpha value is -2.08. The molecule has 2 heterocycles. The Morgan fingerprint density at radius 3 is 2.71 bits per heavy atom. The quantitative estimate of drug-likeness (QED) is 0.805. The summed E-state index contributed by atoms with van der Waals surface area (Å²) in [5.74, 6) is 0.877. The maximum atomic E-state index is 12.9. The molecule has 28 heavy (non-hydrogen) atoms. The van der Waals surface area contributed by atoms with Crippen molar-refractivity contribution in [2.24, 2.45) is 5.73 Å². The van der Waals surface area contributed by atoms with Crippen LogP contribution in [0.1, 0.15) is 42.0 Å². The molecule has 0 spiro atoms. The van der Waals surface area contributed by atoms with Crippen LogP contribution < -0.4 is 15.8 Å². The zero-order valence-electron chi connectivity index (χ0n) is 15.8. The molecule has 2 aliphatic heterocycles. The molecular formula is C22H27ClN2O3. The molecule has 0 saturated carbocycles. The van der Waals surface area contributed by atoms with Crippen LogP contribution in [0.4, 0.5) is 0 Å². The summed E-state index contributed by atoms with van der Waals surface area (Å²) in [4.78, 5) is 12.9. The van der Waals surface area contributed by atoms with Gasteiger partial charge in [-0.3, -0.25) is 4.79 Å². The Morgan fingerprint density at radius 2 is 1.96 bits per heavy atom. The van der Waals surface area contributed by atoms with Gasteiger partial charge in [-0.25, -0.2) is 0 Å². The number of rotatable bonds is 5. The average Bonchev–Trinajstić information content (AvgIpc) is 3.22. The topological polar surface area (TPSA) is 73.6 Å². The molecule has 0 bridgehead atoms. The Labute approximate surface area is 172 Å². The first kappa shape index (κ1) is 20.6. The Balaban J connectivity index is 0.00000225. The van der Waals surface area contributed by atoms with Crippen molar-refractivity contribution in [2.75, 3.05) is 13.2 Å². The molecule has 1 amide bonds. The summed E-state index contributed by atoms with van der Waals surface area (Å²) in [7, 11) is 0. The summed E-state index contributed by atoms with van der Waals surface area (Å²) in [5.41, 5.74) is 8.99. The summed E-state index contributed by atoms with van der Waals surface area (Å²) >= 11 is 0. The molecule has 1 unspecified atom stereocenters. The van der Waals surface area contributed by atoms with Crippen LogP contribution in [0.3, 0.4) is 0 Å². The summed E-state index contributed by atoms with van der Waals surface area (Å²) < 4.78 is 11.5. The number of halogens is 1. The van der Waals surface area contributed by atoms with Gasteiger partial charge in [-0.15, -0.1) is 12.4 Å². The number of nitrogens with two attached hydrogens (primary N) is 1. The Morgan fingerprint density at radius 1 is 1.14 bits per heavy atom. The monoisotopic (exact) mass is 402 g/mol. The van der Waals surface area contributed by atoms with Gasteiger partial charge in [-0.05, 0) is 54.5 Å². The van der Waals surface area contributed by atoms with Crippen molar-refractivity contribution in [2.45, 2.75) is 43.9 Å². The second-order valence-electron chi connectivity index (χ2n) is 7.23. The first-order chi connectivity index (χ1) is 13.2. The van der Waals surface area contributed by atoms with Crippen molar-refractivity contribution < 1.29 is 14.3 Å². The normalized spacial score (nSPS) is 21.8. The summed E-state index contributed by atoms with van der Waals surface area (Å²) in [5, 5.41) is 3.20. The van der Waals surface area contributed by atoms with Crippen molar-refractivity contribution in [1.29, 1.82) is 0 Å². The van der Waals surface area contributed by atoms with E-state index in [1.54, 1.807) is 0 Å². The van der Waals surface area contributed by atoms with Crippen molar-refractivity contribution in [3.05, 3.63) is 65.2 Å². The number of hydrogen-bond acceptors (Lipinski definition) is 4. The third-order valence-corrected chi connectivity index (χ3v) is 5.35. The van der Waals surface area contributed by atoms with Crippen LogP contribution in [0.2, 0.25) is 0 Å². The van der Waals surface area contributed by atoms with E-state index in [4.69, 9.17) is 15.2 Å². The number of amides is 1. The highest BCUT2D eigenvalue weighted by atomic mass is 35.5. The molecule has 6 heteroatoms. The van der Waals surface area contributed by atoms with Crippen LogP contribution >= 0.6 is 12.4 Å². The lowest BCUT2D eigenvalue weighted by Crippen LogP contribution is -2.38. The van der Waals surface area contributed by atoms with Gasteiger partial charge in [0.15, 0.2) is 0 Å². The third kappa shape index (κ3) is 4.49. The molecular weight excluding hydrogens is 376 g/mol. The minimum absolute atomic E-state index is 0. The molecule has 2 aromatic rings. The number of benzene rings is 2. The van der Waals surface area contributed by atoms with E-state index in [9.17, 15) is 4.79 Å². The van der Waals surface area contributed by atoms with E-state index in [0.29, 0.717) is 13.0 Å². The summed E-state index contributed by atoms with van der Waals surface area (Å²) in [6, 6.07) is 16.0. The van der Waals surface area contributed by atoms with E-state index in [0.717, 1.165) is 42.7 Å². The number of fused-ring (bicyclic) bond motifs is 1. The van der Waals surface area contributed by atoms with Gasteiger partial charge < -0.3 is 20.5 Å². The maximum Gasteiger partial charge on any atom is 0.249 e. The van der Waals surface area contributed by atoms with Gasteiger partial charge in [-0.2, -0.15) is 0 Å². The van der Waals surface area contributed by atoms with E-state index in [-0.39, 0.29) is 30.5 Å². The van der Waals surface area contributed by atoms with Crippen LogP contribution in [-0.2, 0) is 16.0 Å². The number of carbonyl (C=O) groups excluding carboxylic acids is 1. The van der Waals surface area contributed by atoms with E-state index in [1.807, 2.05) is 42.5 Å². The van der Waals surface area contributed by atoms with Gasteiger partial charge in [0.2, 0.25) is 5.91 Å². The molecule has 0 radical (unpaired) electrons. The Bertz CT molecular complexity index is 800. The van der Waals surface area contributed by atoms with Gasteiger partial charge in [0.25, 0.3) is 0 Å². The summed E-state index contributed by atoms with van der Waals surface area (Å²) in [6.07, 6.45) is 3.13. The number of carbonyl (C=O) groups is 1. The standard InChI is InChI=1S/C22H26N2O3.ClH/c23-14-18-9-11-20(27-18)22(25)24-21(15-5-2-1-3-6-15)17-8-10-19-16(13-17)7-4-12-26-19;/h1-3,5-6,8,10,13,18,20-21H,4,7,9,11-12,14,23H2,(H,24,25);1H/t18-,20+,21?;/m1./s1. The van der Waals surface area contributed by atoms with Crippen LogP contribution in [0, 0.1) is 0 Å². The molecule has 4 rings (SSSR count). The lowest BCUT2D eigenvalue weighted by Gasteiger charge is -2.24. The van der Waals surface area contributed by atoms with Crippen LogP contribution in [-0.4, -0.2) is 31.3 Å². The number of hydrogen-bond donors (Lipinski definition) is 2. The largest absolute Gasteiger partial charge is 0.493 e. The van der Waals surface area contributed by atoms with E-state index < -0.39 is 6.10 Å². The molecule has 150 valence electrons. The zero-order valence-corrected chi connectivity index (χ0v) is 16.6. The van der Waals surface area contributed by atoms with Gasteiger partial charge in [0.1, 0.15) is 11.9 Å². The van der Waals surface area contributed by atoms with Gasteiger partial charge in [0.05, 0.1) is 18.8 Å². The van der Waals surface area contributed by atoms with E-state index in [2.05, 4.69) is 11.4 Å². The van der Waals surface area contributed by atoms with Crippen molar-refractivity contribution in [1.82, 2.24) is 5.32 Å². The molecule has 3 N–H and O–H groups in total. The average molecular weight is 403 g/mol. The predicted molar refractivity (Wildman–Crippen MR) is 111 cm³/mol. The number of nitrogens with one attached hydrogen (secondary N) is 1. The maximum absolute atomic E-state index is 12.9. The van der Waals surface area contributed by atoms with Crippen molar-refractivity contribution in [3.8, 4) is 5.75 Å². The number of ether oxygens (including phenoxy) is 2. The van der Waals surface area contributed by atoms with Gasteiger partial charge in [0, 0.05) is 6.54 Å². The highest BCUT2D eigenvalue weighted by Gasteiger charge is 2.31. The zero-order chi connectivity index (χ0) is 18.6. The van der Waals surface area contributed by atoms with Crippen LogP contribution in [0.5, 0.6) is 5.75 Å². The highest BCUT2D eigenvalue weighted by Crippen LogP contribution is 2.31. The second-order valence-corrected chi connectivity index (χ2v) is 7.23. The SMILES string of the molecule is Cl.NC[C@H]1CC[C@@H](C(=O)NC(c2ccccc2)c2ccc3c(c2)CCCO3)O1. The molecule has 1 fully saturated rings. The van der Waals surface area contributed by atoms with Gasteiger partial charge in [-0.1, -0.05) is 36.4 Å². The molecule has 3 atom stereocenters. The van der Waals surface area contributed by atoms with Crippen LogP contribution in [0.25, 0.3) is 0 Å². The lowest BCUT2D eigenvalue weighted by molar-refractivity contribution is -0.132. The highest BCUT2D eigenvalue weighted by molar-refractivity contribution is 5.85. The molecule has 2 aromatic carbocycles. The first-order valence-electron chi connectivity index (χ1n) is 9.71. The van der Waals surface area contributed by atoms with E-state index in [1.165, 1.54) is 5.56 Å². The minimum Gasteiger partial charge on any atom is -0.493 e. The van der Waals surface area contributed by atoms with Gasteiger partial charge >= 0.3 is 0 Å². The lowest BCUT2D eigenvalue weighted by atomic mass is 9.94. The smallest absolute Gasteiger partial charge is 0.249 e. The van der Waals surface area contributed by atoms with Crippen molar-refractivity contribution in [3.63, 3.8) is 0 Å². The predicted octanol–water partition coefficient (Wildman–Crippen LogP) is 3.15. The molecule has 1 saturated heterocycles. The minimum atomic E-state index is -0.425. The summed E-state index contributed by atoms with van der Waals surface area (Å²) in [6.45, 7) is 1.23. The fourth-order valence-electron chi connectivity index (χ4n) is 3.87. The molecule has 0 aliphatic carbocycles. The first-order valence-corrected chi connectivity index (χ1v) is 9.71. The van der Waals surface area contributed by atoms with Crippen LogP contribution in [0.15, 0.2) is 48.5 Å². The van der Waals surface area contributed by atoms with Crippen molar-refractivity contribution >= 4 is 18.3 Å². The second kappa shape index (κ2) is 9.41. The molecule has 5 nitrogen and oxygen atoms in total. The van der Waals surface area contributed by atoms with E-state index >= 15 is 0 Å². The molecule has 0 aromatic heterocycles. The fourth-order valence-corrected chi connectivity index (χ4v) is 3.87. The molecule has 2 aliphatic rings. The number of aryl methyl sites for hydroxylation is 1.